The van der Waals surface area contributed by atoms with Gasteiger partial charge in [0.2, 0.25) is 0 Å². The average molecular weight is 479 g/mol. The SMILES string of the molecule is CC(=NNC(=O)c1ccc(C(=O)O)cc1N)c1csc(-c2ccc(OC(F)(F)F)cc2)c1O. The molecule has 0 bridgehead atoms. The van der Waals surface area contributed by atoms with E-state index in [1.807, 2.05) is 0 Å². The van der Waals surface area contributed by atoms with Gasteiger partial charge < -0.3 is 20.7 Å². The number of carbonyl (C=O) groups excluding carboxylic acids is 1. The third-order valence-electron chi connectivity index (χ3n) is 4.37. The smallest absolute Gasteiger partial charge is 0.506 e. The van der Waals surface area contributed by atoms with Crippen LogP contribution in [0.5, 0.6) is 11.5 Å². The summed E-state index contributed by atoms with van der Waals surface area (Å²) < 4.78 is 40.7. The van der Waals surface area contributed by atoms with Crippen LogP contribution in [0.25, 0.3) is 10.4 Å². The largest absolute Gasteiger partial charge is 0.573 e. The van der Waals surface area contributed by atoms with E-state index in [9.17, 15) is 27.9 Å². The van der Waals surface area contributed by atoms with Crippen molar-refractivity contribution in [3.8, 4) is 21.9 Å². The molecule has 33 heavy (non-hydrogen) atoms. The molecule has 0 radical (unpaired) electrons. The van der Waals surface area contributed by atoms with Crippen molar-refractivity contribution in [2.24, 2.45) is 5.10 Å². The lowest BCUT2D eigenvalue weighted by Crippen LogP contribution is -2.20. The van der Waals surface area contributed by atoms with E-state index in [0.717, 1.165) is 29.5 Å². The molecule has 0 unspecified atom stereocenters. The first-order chi connectivity index (χ1) is 15.5. The van der Waals surface area contributed by atoms with E-state index >= 15 is 0 Å². The Balaban J connectivity index is 1.75. The average Bonchev–Trinajstić information content (AvgIpc) is 3.12. The number of aromatic hydroxyl groups is 1. The number of carboxylic acids is 1. The molecule has 172 valence electrons. The van der Waals surface area contributed by atoms with Gasteiger partial charge in [0, 0.05) is 11.1 Å². The van der Waals surface area contributed by atoms with Gasteiger partial charge in [0.1, 0.15) is 11.5 Å². The molecule has 0 aliphatic heterocycles. The van der Waals surface area contributed by atoms with Crippen molar-refractivity contribution < 1.29 is 37.7 Å². The number of hydrazone groups is 1. The lowest BCUT2D eigenvalue weighted by Gasteiger charge is -2.09. The Hall–Kier alpha value is -4.06. The number of anilines is 1. The molecule has 0 aliphatic rings. The molecule has 12 heteroatoms. The van der Waals surface area contributed by atoms with Gasteiger partial charge in [0.15, 0.2) is 0 Å². The molecule has 2 aromatic carbocycles. The molecule has 1 aromatic heterocycles. The summed E-state index contributed by atoms with van der Waals surface area (Å²) in [7, 11) is 0. The van der Waals surface area contributed by atoms with Gasteiger partial charge in [-0.15, -0.1) is 24.5 Å². The van der Waals surface area contributed by atoms with Gasteiger partial charge in [-0.1, -0.05) is 0 Å². The number of nitrogens with two attached hydrogens (primary N) is 1. The highest BCUT2D eigenvalue weighted by Crippen LogP contribution is 2.39. The van der Waals surface area contributed by atoms with E-state index in [-0.39, 0.29) is 28.3 Å². The molecule has 8 nitrogen and oxygen atoms in total. The normalized spacial score (nSPS) is 11.8. The zero-order valence-electron chi connectivity index (χ0n) is 16.8. The molecule has 3 aromatic rings. The Morgan fingerprint density at radius 1 is 1.12 bits per heavy atom. The van der Waals surface area contributed by atoms with E-state index < -0.39 is 24.0 Å². The van der Waals surface area contributed by atoms with Crippen molar-refractivity contribution in [2.45, 2.75) is 13.3 Å². The molecule has 0 spiro atoms. The Kier molecular flexibility index (Phi) is 6.58. The van der Waals surface area contributed by atoms with Gasteiger partial charge >= 0.3 is 12.3 Å². The summed E-state index contributed by atoms with van der Waals surface area (Å²) in [5, 5.41) is 25.0. The van der Waals surface area contributed by atoms with Crippen molar-refractivity contribution in [2.75, 3.05) is 5.73 Å². The molecular formula is C21H16F3N3O5S. The third kappa shape index (κ3) is 5.60. The van der Waals surface area contributed by atoms with Crippen molar-refractivity contribution in [3.05, 3.63) is 64.5 Å². The summed E-state index contributed by atoms with van der Waals surface area (Å²) in [5.41, 5.74) is 8.94. The molecule has 0 atom stereocenters. The molecule has 0 saturated carbocycles. The first kappa shape index (κ1) is 23.6. The summed E-state index contributed by atoms with van der Waals surface area (Å²) in [6, 6.07) is 8.63. The highest BCUT2D eigenvalue weighted by atomic mass is 32.1. The van der Waals surface area contributed by atoms with E-state index in [2.05, 4.69) is 15.3 Å². The lowest BCUT2D eigenvalue weighted by atomic mass is 10.1. The highest BCUT2D eigenvalue weighted by Gasteiger charge is 2.31. The van der Waals surface area contributed by atoms with Crippen LogP contribution in [0.4, 0.5) is 18.9 Å². The number of alkyl halides is 3. The molecule has 3 rings (SSSR count). The topological polar surface area (TPSA) is 134 Å². The summed E-state index contributed by atoms with van der Waals surface area (Å²) in [5.74, 6) is -2.42. The van der Waals surface area contributed by atoms with Gasteiger partial charge in [-0.05, 0) is 55.0 Å². The molecule has 0 fully saturated rings. The van der Waals surface area contributed by atoms with Crippen LogP contribution in [0.2, 0.25) is 0 Å². The first-order valence-corrected chi connectivity index (χ1v) is 9.98. The maximum atomic E-state index is 12.3. The van der Waals surface area contributed by atoms with E-state index in [0.29, 0.717) is 16.0 Å². The summed E-state index contributed by atoms with van der Waals surface area (Å²) in [6.45, 7) is 1.53. The minimum Gasteiger partial charge on any atom is -0.506 e. The standard InChI is InChI=1S/C21H16F3N3O5S/c1-10(26-27-19(29)14-7-4-12(20(30)31)8-16(14)25)15-9-33-18(17(15)28)11-2-5-13(6-3-11)32-21(22,23)24/h2-9,28H,25H2,1H3,(H,27,29)(H,30,31). The second-order valence-electron chi connectivity index (χ2n) is 6.64. The maximum absolute atomic E-state index is 12.3. The minimum atomic E-state index is -4.80. The van der Waals surface area contributed by atoms with Crippen LogP contribution < -0.4 is 15.9 Å². The number of benzene rings is 2. The summed E-state index contributed by atoms with van der Waals surface area (Å²) in [4.78, 5) is 23.7. The van der Waals surface area contributed by atoms with E-state index in [1.54, 1.807) is 5.38 Å². The number of ether oxygens (including phenoxy) is 1. The number of hydrogen-bond acceptors (Lipinski definition) is 7. The molecule has 0 aliphatic carbocycles. The number of thiophene rings is 1. The summed E-state index contributed by atoms with van der Waals surface area (Å²) in [6.07, 6.45) is -4.80. The second-order valence-corrected chi connectivity index (χ2v) is 7.52. The second kappa shape index (κ2) is 9.20. The molecular weight excluding hydrogens is 463 g/mol. The zero-order valence-corrected chi connectivity index (χ0v) is 17.6. The van der Waals surface area contributed by atoms with Crippen LogP contribution in [-0.4, -0.2) is 34.2 Å². The Labute approximate surface area is 188 Å². The van der Waals surface area contributed by atoms with E-state index in [1.165, 1.54) is 31.2 Å². The number of nitrogens with one attached hydrogen (secondary N) is 1. The lowest BCUT2D eigenvalue weighted by molar-refractivity contribution is -0.274. The molecule has 1 amide bonds. The van der Waals surface area contributed by atoms with Crippen LogP contribution in [0.1, 0.15) is 33.2 Å². The van der Waals surface area contributed by atoms with Gasteiger partial charge in [-0.25, -0.2) is 10.2 Å². The number of carbonyl (C=O) groups is 2. The van der Waals surface area contributed by atoms with Crippen LogP contribution in [0, 0.1) is 0 Å². The summed E-state index contributed by atoms with van der Waals surface area (Å²) >= 11 is 1.13. The van der Waals surface area contributed by atoms with Gasteiger partial charge in [0.05, 0.1) is 27.3 Å². The maximum Gasteiger partial charge on any atom is 0.573 e. The van der Waals surface area contributed by atoms with Crippen LogP contribution in [-0.2, 0) is 0 Å². The quantitative estimate of drug-likeness (QED) is 0.234. The number of halogens is 3. The Morgan fingerprint density at radius 3 is 2.36 bits per heavy atom. The van der Waals surface area contributed by atoms with Crippen LogP contribution in [0.15, 0.2) is 52.9 Å². The number of amides is 1. The number of aromatic carboxylic acids is 1. The highest BCUT2D eigenvalue weighted by molar-refractivity contribution is 7.14. The number of nitrogens with zero attached hydrogens (tertiary/aromatic N) is 1. The van der Waals surface area contributed by atoms with Gasteiger partial charge in [-0.3, -0.25) is 4.79 Å². The zero-order chi connectivity index (χ0) is 24.3. The number of hydrogen-bond donors (Lipinski definition) is 4. The number of carboxylic acid groups (broad SMARTS) is 1. The molecule has 1 heterocycles. The molecule has 5 N–H and O–H groups in total. The van der Waals surface area contributed by atoms with Crippen molar-refractivity contribution in [1.29, 1.82) is 0 Å². The van der Waals surface area contributed by atoms with Gasteiger partial charge in [-0.2, -0.15) is 5.10 Å². The van der Waals surface area contributed by atoms with Crippen molar-refractivity contribution in [3.63, 3.8) is 0 Å². The van der Waals surface area contributed by atoms with Crippen LogP contribution in [0.3, 0.4) is 0 Å². The fraction of sp³-hybridized carbons (Fsp3) is 0.0952. The fourth-order valence-electron chi connectivity index (χ4n) is 2.78. The number of rotatable bonds is 6. The minimum absolute atomic E-state index is 0.0212. The van der Waals surface area contributed by atoms with E-state index in [4.69, 9.17) is 10.8 Å². The van der Waals surface area contributed by atoms with Crippen molar-refractivity contribution >= 4 is 34.6 Å². The first-order valence-electron chi connectivity index (χ1n) is 9.10. The third-order valence-corrected chi connectivity index (χ3v) is 5.39. The molecule has 0 saturated heterocycles. The van der Waals surface area contributed by atoms with Gasteiger partial charge in [0.25, 0.3) is 5.91 Å². The predicted molar refractivity (Wildman–Crippen MR) is 116 cm³/mol. The fourth-order valence-corrected chi connectivity index (χ4v) is 3.79. The number of nitrogen functional groups attached to an aromatic ring is 1. The predicted octanol–water partition coefficient (Wildman–Crippen LogP) is 4.45. The monoisotopic (exact) mass is 479 g/mol. The Bertz CT molecular complexity index is 1240. The van der Waals surface area contributed by atoms with Crippen molar-refractivity contribution in [1.82, 2.24) is 5.43 Å². The van der Waals surface area contributed by atoms with Crippen LogP contribution >= 0.6 is 11.3 Å². The Morgan fingerprint density at radius 2 is 1.79 bits per heavy atom.